The summed E-state index contributed by atoms with van der Waals surface area (Å²) in [7, 11) is 1.66. The van der Waals surface area contributed by atoms with Crippen molar-refractivity contribution in [3.63, 3.8) is 0 Å². The highest BCUT2D eigenvalue weighted by Gasteiger charge is 2.09. The first-order valence-corrected chi connectivity index (χ1v) is 6.94. The molecule has 3 heteroatoms. The van der Waals surface area contributed by atoms with Crippen molar-refractivity contribution in [2.24, 2.45) is 0 Å². The number of rotatable bonds is 4. The van der Waals surface area contributed by atoms with E-state index in [9.17, 15) is 0 Å². The Morgan fingerprint density at radius 2 is 1.89 bits per heavy atom. The van der Waals surface area contributed by atoms with E-state index in [1.54, 1.807) is 7.11 Å². The lowest BCUT2D eigenvalue weighted by Gasteiger charge is -2.19. The summed E-state index contributed by atoms with van der Waals surface area (Å²) in [5.74, 6) is 0.772. The highest BCUT2D eigenvalue weighted by Crippen LogP contribution is 2.22. The fourth-order valence-electron chi connectivity index (χ4n) is 2.59. The Kier molecular flexibility index (Phi) is 4.88. The Morgan fingerprint density at radius 3 is 2.50 bits per heavy atom. The summed E-state index contributed by atoms with van der Waals surface area (Å²) in [6.07, 6.45) is 6.57. The Hall–Kier alpha value is -1.22. The molecule has 2 N–H and O–H groups in total. The summed E-state index contributed by atoms with van der Waals surface area (Å²) in [6, 6.07) is 6.12. The van der Waals surface area contributed by atoms with Crippen molar-refractivity contribution in [2.75, 3.05) is 32.5 Å². The van der Waals surface area contributed by atoms with Crippen LogP contribution in [-0.2, 0) is 6.42 Å². The topological polar surface area (TPSA) is 38.5 Å². The number of hydrogen-bond acceptors (Lipinski definition) is 3. The summed E-state index contributed by atoms with van der Waals surface area (Å²) in [6.45, 7) is 3.66. The molecule has 0 amide bonds. The van der Waals surface area contributed by atoms with E-state index in [4.69, 9.17) is 10.5 Å². The van der Waals surface area contributed by atoms with Gasteiger partial charge in [0.15, 0.2) is 0 Å². The average molecular weight is 248 g/mol. The maximum atomic E-state index is 5.93. The fraction of sp³-hybridized carbons (Fsp3) is 0.600. The number of ether oxygens (including phenoxy) is 1. The number of nitrogens with zero attached hydrogens (tertiary/aromatic N) is 1. The minimum absolute atomic E-state index is 0.742. The molecule has 100 valence electrons. The van der Waals surface area contributed by atoms with Crippen LogP contribution >= 0.6 is 0 Å². The lowest BCUT2D eigenvalue weighted by molar-refractivity contribution is 0.289. The SMILES string of the molecule is COc1ccc(CCN2CCCCCC2)cc1N. The maximum absolute atomic E-state index is 5.93. The summed E-state index contributed by atoms with van der Waals surface area (Å²) in [5, 5.41) is 0. The van der Waals surface area contributed by atoms with Crippen molar-refractivity contribution in [1.82, 2.24) is 4.90 Å². The van der Waals surface area contributed by atoms with E-state index in [1.165, 1.54) is 44.3 Å². The van der Waals surface area contributed by atoms with Crippen molar-refractivity contribution >= 4 is 5.69 Å². The molecule has 1 fully saturated rings. The maximum Gasteiger partial charge on any atom is 0.141 e. The molecule has 2 rings (SSSR count). The standard InChI is InChI=1S/C15H24N2O/c1-18-15-7-6-13(12-14(15)16)8-11-17-9-4-2-3-5-10-17/h6-7,12H,2-5,8-11,16H2,1H3. The normalized spacial score (nSPS) is 17.4. The van der Waals surface area contributed by atoms with Gasteiger partial charge in [0, 0.05) is 6.54 Å². The molecule has 0 aliphatic carbocycles. The Labute approximate surface area is 110 Å². The Bertz CT molecular complexity index is 371. The Morgan fingerprint density at radius 1 is 1.17 bits per heavy atom. The molecule has 0 saturated carbocycles. The minimum atomic E-state index is 0.742. The first kappa shape index (κ1) is 13.2. The number of likely N-dealkylation sites (tertiary alicyclic amines) is 1. The van der Waals surface area contributed by atoms with Gasteiger partial charge in [-0.25, -0.2) is 0 Å². The molecular formula is C15H24N2O. The molecule has 1 aromatic carbocycles. The second kappa shape index (κ2) is 6.64. The van der Waals surface area contributed by atoms with Gasteiger partial charge >= 0.3 is 0 Å². The quantitative estimate of drug-likeness (QED) is 0.833. The van der Waals surface area contributed by atoms with Crippen LogP contribution in [0.15, 0.2) is 18.2 Å². The molecule has 1 saturated heterocycles. The van der Waals surface area contributed by atoms with E-state index in [0.717, 1.165) is 24.4 Å². The largest absolute Gasteiger partial charge is 0.495 e. The molecule has 3 nitrogen and oxygen atoms in total. The van der Waals surface area contributed by atoms with Crippen molar-refractivity contribution in [3.8, 4) is 5.75 Å². The van der Waals surface area contributed by atoms with Gasteiger partial charge in [-0.2, -0.15) is 0 Å². The van der Waals surface area contributed by atoms with Gasteiger partial charge in [0.25, 0.3) is 0 Å². The molecule has 1 aromatic rings. The number of nitrogens with two attached hydrogens (primary N) is 1. The van der Waals surface area contributed by atoms with Crippen LogP contribution in [0.4, 0.5) is 5.69 Å². The molecule has 1 aliphatic heterocycles. The van der Waals surface area contributed by atoms with Crippen molar-refractivity contribution < 1.29 is 4.74 Å². The van der Waals surface area contributed by atoms with Crippen molar-refractivity contribution in [1.29, 1.82) is 0 Å². The van der Waals surface area contributed by atoms with Crippen molar-refractivity contribution in [3.05, 3.63) is 23.8 Å². The average Bonchev–Trinajstić information content (AvgIpc) is 2.65. The first-order chi connectivity index (χ1) is 8.79. The van der Waals surface area contributed by atoms with Gasteiger partial charge < -0.3 is 15.4 Å². The molecule has 1 heterocycles. The van der Waals surface area contributed by atoms with Crippen LogP contribution in [0.25, 0.3) is 0 Å². The van der Waals surface area contributed by atoms with Gasteiger partial charge in [0.1, 0.15) is 5.75 Å². The smallest absolute Gasteiger partial charge is 0.141 e. The van der Waals surface area contributed by atoms with Gasteiger partial charge in [0.2, 0.25) is 0 Å². The highest BCUT2D eigenvalue weighted by molar-refractivity contribution is 5.54. The molecule has 18 heavy (non-hydrogen) atoms. The zero-order chi connectivity index (χ0) is 12.8. The van der Waals surface area contributed by atoms with Crippen LogP contribution in [0.5, 0.6) is 5.75 Å². The van der Waals surface area contributed by atoms with E-state index in [1.807, 2.05) is 12.1 Å². The van der Waals surface area contributed by atoms with Gasteiger partial charge in [-0.1, -0.05) is 18.9 Å². The summed E-state index contributed by atoms with van der Waals surface area (Å²) < 4.78 is 5.18. The van der Waals surface area contributed by atoms with Crippen LogP contribution in [-0.4, -0.2) is 31.6 Å². The predicted octanol–water partition coefficient (Wildman–Crippen LogP) is 2.70. The van der Waals surface area contributed by atoms with Crippen LogP contribution in [0, 0.1) is 0 Å². The van der Waals surface area contributed by atoms with Crippen LogP contribution < -0.4 is 10.5 Å². The van der Waals surface area contributed by atoms with Crippen LogP contribution in [0.2, 0.25) is 0 Å². The summed E-state index contributed by atoms with van der Waals surface area (Å²) in [5.41, 5.74) is 7.97. The first-order valence-electron chi connectivity index (χ1n) is 6.94. The van der Waals surface area contributed by atoms with Crippen LogP contribution in [0.1, 0.15) is 31.2 Å². The number of hydrogen-bond donors (Lipinski definition) is 1. The van der Waals surface area contributed by atoms with Crippen molar-refractivity contribution in [2.45, 2.75) is 32.1 Å². The molecular weight excluding hydrogens is 224 g/mol. The van der Waals surface area contributed by atoms with Gasteiger partial charge in [-0.3, -0.25) is 0 Å². The summed E-state index contributed by atoms with van der Waals surface area (Å²) in [4.78, 5) is 2.58. The van der Waals surface area contributed by atoms with E-state index in [-0.39, 0.29) is 0 Å². The van der Waals surface area contributed by atoms with E-state index >= 15 is 0 Å². The predicted molar refractivity (Wildman–Crippen MR) is 76.0 cm³/mol. The third-order valence-corrected chi connectivity index (χ3v) is 3.71. The lowest BCUT2D eigenvalue weighted by atomic mass is 10.1. The van der Waals surface area contributed by atoms with Gasteiger partial charge in [-0.15, -0.1) is 0 Å². The monoisotopic (exact) mass is 248 g/mol. The molecule has 0 atom stereocenters. The third kappa shape index (κ3) is 3.64. The molecule has 0 spiro atoms. The minimum Gasteiger partial charge on any atom is -0.495 e. The molecule has 0 radical (unpaired) electrons. The number of nitrogen functional groups attached to an aromatic ring is 1. The van der Waals surface area contributed by atoms with E-state index < -0.39 is 0 Å². The highest BCUT2D eigenvalue weighted by atomic mass is 16.5. The lowest BCUT2D eigenvalue weighted by Crippen LogP contribution is -2.26. The number of methoxy groups -OCH3 is 1. The fourth-order valence-corrected chi connectivity index (χ4v) is 2.59. The Balaban J connectivity index is 1.87. The zero-order valence-electron chi connectivity index (χ0n) is 11.3. The molecule has 1 aliphatic rings. The number of benzene rings is 1. The van der Waals surface area contributed by atoms with E-state index in [2.05, 4.69) is 11.0 Å². The third-order valence-electron chi connectivity index (χ3n) is 3.71. The van der Waals surface area contributed by atoms with Crippen LogP contribution in [0.3, 0.4) is 0 Å². The molecule has 0 aromatic heterocycles. The molecule has 0 unspecified atom stereocenters. The van der Waals surface area contributed by atoms with Gasteiger partial charge in [-0.05, 0) is 50.0 Å². The summed E-state index contributed by atoms with van der Waals surface area (Å²) >= 11 is 0. The number of anilines is 1. The second-order valence-corrected chi connectivity index (χ2v) is 5.08. The second-order valence-electron chi connectivity index (χ2n) is 5.08. The zero-order valence-corrected chi connectivity index (χ0v) is 11.3. The van der Waals surface area contributed by atoms with E-state index in [0.29, 0.717) is 0 Å². The van der Waals surface area contributed by atoms with Gasteiger partial charge in [0.05, 0.1) is 12.8 Å². The molecule has 0 bridgehead atoms.